The molecule has 0 bridgehead atoms. The lowest BCUT2D eigenvalue weighted by atomic mass is 9.99. The zero-order valence-corrected chi connectivity index (χ0v) is 14.1. The Morgan fingerprint density at radius 3 is 2.50 bits per heavy atom. The van der Waals surface area contributed by atoms with Gasteiger partial charge in [0.15, 0.2) is 5.78 Å². The van der Waals surface area contributed by atoms with Gasteiger partial charge in [-0.15, -0.1) is 0 Å². The van der Waals surface area contributed by atoms with Gasteiger partial charge in [-0.05, 0) is 54.8 Å². The molecule has 0 heterocycles. The van der Waals surface area contributed by atoms with Crippen molar-refractivity contribution in [2.75, 3.05) is 7.11 Å². The van der Waals surface area contributed by atoms with Crippen LogP contribution in [-0.2, 0) is 0 Å². The zero-order chi connectivity index (χ0) is 16.3. The quantitative estimate of drug-likeness (QED) is 0.543. The smallest absolute Gasteiger partial charge is 0.189 e. The summed E-state index contributed by atoms with van der Waals surface area (Å²) in [7, 11) is 1.54. The summed E-state index contributed by atoms with van der Waals surface area (Å²) >= 11 is 12.3. The molecule has 2 aromatic carbocycles. The summed E-state index contributed by atoms with van der Waals surface area (Å²) in [6.45, 7) is 3.69. The maximum Gasteiger partial charge on any atom is 0.189 e. The molecule has 22 heavy (non-hydrogen) atoms. The molecule has 0 aliphatic rings. The number of allylic oxidation sites excluding steroid dienone is 1. The Balaban J connectivity index is 2.42. The lowest BCUT2D eigenvalue weighted by Gasteiger charge is -2.13. The molecule has 0 spiro atoms. The van der Waals surface area contributed by atoms with E-state index >= 15 is 0 Å². The zero-order valence-electron chi connectivity index (χ0n) is 12.6. The summed E-state index contributed by atoms with van der Waals surface area (Å²) in [5.41, 5.74) is 2.85. The molecule has 4 heteroatoms. The molecule has 0 amide bonds. The van der Waals surface area contributed by atoms with Crippen LogP contribution in [-0.4, -0.2) is 12.9 Å². The molecule has 0 fully saturated rings. The highest BCUT2D eigenvalue weighted by molar-refractivity contribution is 6.33. The SMILES string of the molecule is COc1cc(C)c(Cl)c(C)c1C(=O)/C=C/c1ccccc1Cl. The first-order valence-corrected chi connectivity index (χ1v) is 7.52. The van der Waals surface area contributed by atoms with E-state index in [2.05, 4.69) is 0 Å². The van der Waals surface area contributed by atoms with Crippen molar-refractivity contribution in [2.45, 2.75) is 13.8 Å². The second kappa shape index (κ2) is 6.99. The standard InChI is InChI=1S/C18H16Cl2O2/c1-11-10-16(22-3)17(12(2)18(11)20)15(21)9-8-13-6-4-5-7-14(13)19/h4-10H,1-3H3/b9-8+. The molecule has 0 aliphatic carbocycles. The topological polar surface area (TPSA) is 26.3 Å². The normalized spacial score (nSPS) is 11.0. The number of carbonyl (C=O) groups excluding carboxylic acids is 1. The number of aryl methyl sites for hydroxylation is 1. The van der Waals surface area contributed by atoms with E-state index in [1.807, 2.05) is 32.0 Å². The van der Waals surface area contributed by atoms with Gasteiger partial charge in [0.05, 0.1) is 12.7 Å². The fraction of sp³-hybridized carbons (Fsp3) is 0.167. The van der Waals surface area contributed by atoms with Gasteiger partial charge in [0.1, 0.15) is 5.75 Å². The number of methoxy groups -OCH3 is 1. The van der Waals surface area contributed by atoms with Crippen LogP contribution in [0, 0.1) is 13.8 Å². The second-order valence-electron chi connectivity index (χ2n) is 4.93. The summed E-state index contributed by atoms with van der Waals surface area (Å²) in [6.07, 6.45) is 3.18. The van der Waals surface area contributed by atoms with Crippen LogP contribution in [0.15, 0.2) is 36.4 Å². The van der Waals surface area contributed by atoms with Crippen molar-refractivity contribution in [1.82, 2.24) is 0 Å². The maximum atomic E-state index is 12.5. The third kappa shape index (κ3) is 3.34. The van der Waals surface area contributed by atoms with Crippen LogP contribution in [0.4, 0.5) is 0 Å². The van der Waals surface area contributed by atoms with Gasteiger partial charge >= 0.3 is 0 Å². The summed E-state index contributed by atoms with van der Waals surface area (Å²) in [5.74, 6) is 0.351. The molecule has 2 nitrogen and oxygen atoms in total. The Morgan fingerprint density at radius 2 is 1.86 bits per heavy atom. The minimum Gasteiger partial charge on any atom is -0.496 e. The Bertz CT molecular complexity index is 749. The highest BCUT2D eigenvalue weighted by atomic mass is 35.5. The fourth-order valence-corrected chi connectivity index (χ4v) is 2.60. The first kappa shape index (κ1) is 16.6. The largest absolute Gasteiger partial charge is 0.496 e. The number of halogens is 2. The molecular weight excluding hydrogens is 319 g/mol. The second-order valence-corrected chi connectivity index (χ2v) is 5.71. The Hall–Kier alpha value is -1.77. The van der Waals surface area contributed by atoms with Crippen molar-refractivity contribution in [3.63, 3.8) is 0 Å². The number of rotatable bonds is 4. The van der Waals surface area contributed by atoms with E-state index in [1.165, 1.54) is 13.2 Å². The van der Waals surface area contributed by atoms with Crippen molar-refractivity contribution in [1.29, 1.82) is 0 Å². The summed E-state index contributed by atoms with van der Waals surface area (Å²) in [4.78, 5) is 12.5. The van der Waals surface area contributed by atoms with Crippen LogP contribution in [0.1, 0.15) is 27.0 Å². The van der Waals surface area contributed by atoms with Crippen LogP contribution in [0.5, 0.6) is 5.75 Å². The van der Waals surface area contributed by atoms with Gasteiger partial charge in [-0.2, -0.15) is 0 Å². The van der Waals surface area contributed by atoms with Gasteiger partial charge < -0.3 is 4.74 Å². The van der Waals surface area contributed by atoms with Crippen molar-refractivity contribution < 1.29 is 9.53 Å². The van der Waals surface area contributed by atoms with Crippen molar-refractivity contribution in [3.8, 4) is 5.75 Å². The molecule has 0 saturated carbocycles. The monoisotopic (exact) mass is 334 g/mol. The van der Waals surface area contributed by atoms with Gasteiger partial charge in [-0.1, -0.05) is 41.4 Å². The molecule has 0 saturated heterocycles. The van der Waals surface area contributed by atoms with Gasteiger partial charge in [-0.3, -0.25) is 4.79 Å². The maximum absolute atomic E-state index is 12.5. The molecule has 114 valence electrons. The average molecular weight is 335 g/mol. The van der Waals surface area contributed by atoms with Crippen molar-refractivity contribution >= 4 is 35.1 Å². The average Bonchev–Trinajstić information content (AvgIpc) is 2.51. The first-order valence-electron chi connectivity index (χ1n) is 6.76. The Kier molecular flexibility index (Phi) is 5.28. The van der Waals surface area contributed by atoms with E-state index in [0.717, 1.165) is 11.1 Å². The minimum atomic E-state index is -0.170. The lowest BCUT2D eigenvalue weighted by Crippen LogP contribution is -2.04. The van der Waals surface area contributed by atoms with Crippen LogP contribution in [0.25, 0.3) is 6.08 Å². The summed E-state index contributed by atoms with van der Waals surface area (Å²) in [5, 5.41) is 1.17. The molecule has 0 atom stereocenters. The van der Waals surface area contributed by atoms with Crippen LogP contribution >= 0.6 is 23.2 Å². The predicted octanol–water partition coefficient (Wildman–Crippen LogP) is 5.51. The van der Waals surface area contributed by atoms with Crippen LogP contribution < -0.4 is 4.74 Å². The molecular formula is C18H16Cl2O2. The molecule has 2 rings (SSSR count). The third-order valence-corrected chi connectivity index (χ3v) is 4.36. The van der Waals surface area contributed by atoms with E-state index in [4.69, 9.17) is 27.9 Å². The molecule has 0 unspecified atom stereocenters. The first-order chi connectivity index (χ1) is 10.5. The number of carbonyl (C=O) groups is 1. The number of ether oxygens (including phenoxy) is 1. The molecule has 0 aliphatic heterocycles. The van der Waals surface area contributed by atoms with Gasteiger partial charge in [0.25, 0.3) is 0 Å². The number of hydrogen-bond donors (Lipinski definition) is 0. The van der Waals surface area contributed by atoms with Gasteiger partial charge in [0.2, 0.25) is 0 Å². The highest BCUT2D eigenvalue weighted by Crippen LogP contribution is 2.32. The molecule has 0 radical (unpaired) electrons. The van der Waals surface area contributed by atoms with E-state index in [9.17, 15) is 4.79 Å². The number of hydrogen-bond acceptors (Lipinski definition) is 2. The minimum absolute atomic E-state index is 0.170. The van der Waals surface area contributed by atoms with Crippen LogP contribution in [0.2, 0.25) is 10.0 Å². The van der Waals surface area contributed by atoms with Crippen LogP contribution in [0.3, 0.4) is 0 Å². The predicted molar refractivity (Wildman–Crippen MR) is 92.3 cm³/mol. The Morgan fingerprint density at radius 1 is 1.18 bits per heavy atom. The summed E-state index contributed by atoms with van der Waals surface area (Å²) < 4.78 is 5.32. The lowest BCUT2D eigenvalue weighted by molar-refractivity contribution is 0.104. The van der Waals surface area contributed by atoms with E-state index in [-0.39, 0.29) is 5.78 Å². The van der Waals surface area contributed by atoms with Gasteiger partial charge in [0, 0.05) is 10.0 Å². The highest BCUT2D eigenvalue weighted by Gasteiger charge is 2.17. The summed E-state index contributed by atoms with van der Waals surface area (Å²) in [6, 6.07) is 9.10. The van der Waals surface area contributed by atoms with Gasteiger partial charge in [-0.25, -0.2) is 0 Å². The van der Waals surface area contributed by atoms with Crippen molar-refractivity contribution in [3.05, 3.63) is 68.7 Å². The molecule has 2 aromatic rings. The van der Waals surface area contributed by atoms with E-state index < -0.39 is 0 Å². The van der Waals surface area contributed by atoms with E-state index in [0.29, 0.717) is 26.9 Å². The number of ketones is 1. The molecule has 0 N–H and O–H groups in total. The Labute approximate surface area is 140 Å². The van der Waals surface area contributed by atoms with E-state index in [1.54, 1.807) is 18.2 Å². The molecule has 0 aromatic heterocycles. The van der Waals surface area contributed by atoms with Crippen molar-refractivity contribution in [2.24, 2.45) is 0 Å². The fourth-order valence-electron chi connectivity index (χ4n) is 2.25. The third-order valence-electron chi connectivity index (χ3n) is 3.43. The number of benzene rings is 2.